The van der Waals surface area contributed by atoms with Gasteiger partial charge in [0.2, 0.25) is 5.91 Å². The van der Waals surface area contributed by atoms with E-state index in [0.717, 1.165) is 12.5 Å². The van der Waals surface area contributed by atoms with E-state index in [9.17, 15) is 19.1 Å². The minimum absolute atomic E-state index is 0.0119. The van der Waals surface area contributed by atoms with Crippen molar-refractivity contribution in [2.24, 2.45) is 0 Å². The van der Waals surface area contributed by atoms with Crippen molar-refractivity contribution >= 4 is 22.8 Å². The normalized spacial score (nSPS) is 16.1. The average Bonchev–Trinajstić information content (AvgIpc) is 3.13. The summed E-state index contributed by atoms with van der Waals surface area (Å²) < 4.78 is 18.7. The number of carbonyl (C=O) groups is 2. The maximum absolute atomic E-state index is 13.5. The molecule has 1 fully saturated rings. The van der Waals surface area contributed by atoms with Gasteiger partial charge in [-0.25, -0.2) is 4.39 Å². The number of likely N-dealkylation sites (tertiary alicyclic amines) is 1. The van der Waals surface area contributed by atoms with E-state index in [1.165, 1.54) is 12.3 Å². The number of carbonyl (C=O) groups excluding carboxylic acids is 2. The first-order chi connectivity index (χ1) is 11.0. The second-order valence-electron chi connectivity index (χ2n) is 5.60. The minimum atomic E-state index is -0.873. The van der Waals surface area contributed by atoms with Crippen molar-refractivity contribution in [2.45, 2.75) is 18.9 Å². The van der Waals surface area contributed by atoms with Crippen molar-refractivity contribution in [3.63, 3.8) is 0 Å². The first-order valence-electron chi connectivity index (χ1n) is 7.45. The van der Waals surface area contributed by atoms with Gasteiger partial charge in [-0.2, -0.15) is 0 Å². The van der Waals surface area contributed by atoms with Crippen LogP contribution in [-0.4, -0.2) is 47.6 Å². The number of aliphatic hydroxyl groups excluding tert-OH is 1. The standard InChI is InChI=1S/C16H17FN2O4/c17-11-6-10-3-5-23-15(10)13(7-11)16(22)18-8-12(20)9-19-4-1-2-14(19)21/h3,5-7,12,20H,1-2,4,8-9H2,(H,18,22). The zero-order valence-electron chi connectivity index (χ0n) is 12.4. The Kier molecular flexibility index (Phi) is 4.29. The van der Waals surface area contributed by atoms with Crippen LogP contribution < -0.4 is 5.32 Å². The lowest BCUT2D eigenvalue weighted by Gasteiger charge is -2.20. The molecule has 122 valence electrons. The van der Waals surface area contributed by atoms with Crippen molar-refractivity contribution in [2.75, 3.05) is 19.6 Å². The Morgan fingerprint density at radius 1 is 1.48 bits per heavy atom. The first-order valence-corrected chi connectivity index (χ1v) is 7.45. The fraction of sp³-hybridized carbons (Fsp3) is 0.375. The van der Waals surface area contributed by atoms with E-state index in [-0.39, 0.29) is 24.6 Å². The van der Waals surface area contributed by atoms with E-state index in [1.54, 1.807) is 11.0 Å². The van der Waals surface area contributed by atoms with E-state index in [1.807, 2.05) is 0 Å². The van der Waals surface area contributed by atoms with Gasteiger partial charge >= 0.3 is 0 Å². The summed E-state index contributed by atoms with van der Waals surface area (Å²) in [5.74, 6) is -1.05. The molecule has 0 aliphatic carbocycles. The lowest BCUT2D eigenvalue weighted by atomic mass is 10.1. The van der Waals surface area contributed by atoms with Crippen LogP contribution in [0.2, 0.25) is 0 Å². The summed E-state index contributed by atoms with van der Waals surface area (Å²) in [5.41, 5.74) is 0.377. The topological polar surface area (TPSA) is 82.8 Å². The number of fused-ring (bicyclic) bond motifs is 1. The molecular formula is C16H17FN2O4. The highest BCUT2D eigenvalue weighted by atomic mass is 19.1. The Morgan fingerprint density at radius 3 is 3.04 bits per heavy atom. The van der Waals surface area contributed by atoms with Crippen LogP contribution in [0.3, 0.4) is 0 Å². The third-order valence-electron chi connectivity index (χ3n) is 3.86. The van der Waals surface area contributed by atoms with E-state index < -0.39 is 17.8 Å². The molecule has 2 N–H and O–H groups in total. The van der Waals surface area contributed by atoms with Crippen LogP contribution in [0.5, 0.6) is 0 Å². The number of rotatable bonds is 5. The van der Waals surface area contributed by atoms with E-state index in [0.29, 0.717) is 23.9 Å². The quantitative estimate of drug-likeness (QED) is 0.869. The van der Waals surface area contributed by atoms with Gasteiger partial charge in [-0.3, -0.25) is 9.59 Å². The molecule has 1 unspecified atom stereocenters. The molecule has 2 aromatic rings. The highest BCUT2D eigenvalue weighted by Gasteiger charge is 2.23. The van der Waals surface area contributed by atoms with Gasteiger partial charge in [-0.15, -0.1) is 0 Å². The van der Waals surface area contributed by atoms with Crippen molar-refractivity contribution in [1.82, 2.24) is 10.2 Å². The van der Waals surface area contributed by atoms with Crippen LogP contribution >= 0.6 is 0 Å². The predicted molar refractivity (Wildman–Crippen MR) is 80.3 cm³/mol. The van der Waals surface area contributed by atoms with Crippen LogP contribution in [0, 0.1) is 5.82 Å². The smallest absolute Gasteiger partial charge is 0.255 e. The molecule has 0 bridgehead atoms. The Bertz CT molecular complexity index is 743. The number of hydrogen-bond acceptors (Lipinski definition) is 4. The Hall–Kier alpha value is -2.41. The molecule has 1 aliphatic heterocycles. The number of nitrogens with one attached hydrogen (secondary N) is 1. The number of amides is 2. The Balaban J connectivity index is 1.62. The molecule has 0 saturated carbocycles. The molecule has 0 spiro atoms. The number of hydrogen-bond donors (Lipinski definition) is 2. The molecule has 1 aliphatic rings. The highest BCUT2D eigenvalue weighted by Crippen LogP contribution is 2.21. The second-order valence-corrected chi connectivity index (χ2v) is 5.60. The summed E-state index contributed by atoms with van der Waals surface area (Å²) in [6, 6.07) is 3.95. The summed E-state index contributed by atoms with van der Waals surface area (Å²) >= 11 is 0. The molecule has 6 nitrogen and oxygen atoms in total. The maximum Gasteiger partial charge on any atom is 0.255 e. The van der Waals surface area contributed by atoms with E-state index in [4.69, 9.17) is 4.42 Å². The summed E-state index contributed by atoms with van der Waals surface area (Å²) in [7, 11) is 0. The Labute approximate surface area is 131 Å². The van der Waals surface area contributed by atoms with Gasteiger partial charge in [0.05, 0.1) is 17.9 Å². The number of furan rings is 1. The summed E-state index contributed by atoms with van der Waals surface area (Å²) in [6.45, 7) is 0.778. The van der Waals surface area contributed by atoms with Crippen molar-refractivity contribution in [3.05, 3.63) is 35.8 Å². The molecule has 2 amide bonds. The third kappa shape index (κ3) is 3.34. The molecule has 7 heteroatoms. The van der Waals surface area contributed by atoms with Gasteiger partial charge in [-0.05, 0) is 24.6 Å². The van der Waals surface area contributed by atoms with Crippen LogP contribution in [0.4, 0.5) is 4.39 Å². The van der Waals surface area contributed by atoms with Crippen molar-refractivity contribution in [3.8, 4) is 0 Å². The summed E-state index contributed by atoms with van der Waals surface area (Å²) in [6.07, 6.45) is 1.80. The summed E-state index contributed by atoms with van der Waals surface area (Å²) in [5, 5.41) is 13.0. The molecule has 1 atom stereocenters. The largest absolute Gasteiger partial charge is 0.464 e. The number of aliphatic hydroxyl groups is 1. The molecule has 3 rings (SSSR count). The third-order valence-corrected chi connectivity index (χ3v) is 3.86. The van der Waals surface area contributed by atoms with E-state index in [2.05, 4.69) is 5.32 Å². The van der Waals surface area contributed by atoms with Crippen molar-refractivity contribution < 1.29 is 23.5 Å². The Morgan fingerprint density at radius 2 is 2.30 bits per heavy atom. The predicted octanol–water partition coefficient (Wildman–Crippen LogP) is 1.28. The molecular weight excluding hydrogens is 303 g/mol. The number of benzene rings is 1. The average molecular weight is 320 g/mol. The van der Waals surface area contributed by atoms with Gasteiger partial charge in [0.1, 0.15) is 11.4 Å². The molecule has 2 heterocycles. The fourth-order valence-corrected chi connectivity index (χ4v) is 2.74. The lowest BCUT2D eigenvalue weighted by Crippen LogP contribution is -2.40. The summed E-state index contributed by atoms with van der Waals surface area (Å²) in [4.78, 5) is 25.3. The maximum atomic E-state index is 13.5. The number of nitrogens with zero attached hydrogens (tertiary/aromatic N) is 1. The zero-order valence-corrected chi connectivity index (χ0v) is 12.4. The SMILES string of the molecule is O=C(NCC(O)CN1CCCC1=O)c1cc(F)cc2ccoc12. The van der Waals surface area contributed by atoms with Crippen LogP contribution in [0.25, 0.3) is 11.0 Å². The van der Waals surface area contributed by atoms with Gasteiger partial charge in [0.15, 0.2) is 0 Å². The second kappa shape index (κ2) is 6.37. The monoisotopic (exact) mass is 320 g/mol. The molecule has 1 saturated heterocycles. The van der Waals surface area contributed by atoms with Crippen LogP contribution in [0.1, 0.15) is 23.2 Å². The van der Waals surface area contributed by atoms with Gasteiger partial charge in [0, 0.05) is 31.4 Å². The molecule has 23 heavy (non-hydrogen) atoms. The van der Waals surface area contributed by atoms with Gasteiger partial charge in [0.25, 0.3) is 5.91 Å². The van der Waals surface area contributed by atoms with Crippen LogP contribution in [0.15, 0.2) is 28.9 Å². The molecule has 1 aromatic heterocycles. The highest BCUT2D eigenvalue weighted by molar-refractivity contribution is 6.04. The van der Waals surface area contributed by atoms with Crippen LogP contribution in [-0.2, 0) is 4.79 Å². The molecule has 0 radical (unpaired) electrons. The van der Waals surface area contributed by atoms with Gasteiger partial charge < -0.3 is 19.7 Å². The lowest BCUT2D eigenvalue weighted by molar-refractivity contribution is -0.128. The van der Waals surface area contributed by atoms with Gasteiger partial charge in [-0.1, -0.05) is 0 Å². The first kappa shape index (κ1) is 15.5. The van der Waals surface area contributed by atoms with E-state index >= 15 is 0 Å². The van der Waals surface area contributed by atoms with Crippen molar-refractivity contribution in [1.29, 1.82) is 0 Å². The molecule has 1 aromatic carbocycles. The fourth-order valence-electron chi connectivity index (χ4n) is 2.74. The zero-order chi connectivity index (χ0) is 16.4. The number of β-amino-alcohol motifs (C(OH)–C–C–N with tert-alkyl or cyclic N) is 1. The number of halogens is 1. The minimum Gasteiger partial charge on any atom is -0.464 e.